The number of rotatable bonds is 6. The fourth-order valence-electron chi connectivity index (χ4n) is 2.05. The number of primary amides is 1. The lowest BCUT2D eigenvalue weighted by Crippen LogP contribution is -2.20. The summed E-state index contributed by atoms with van der Waals surface area (Å²) in [6.45, 7) is -0.404. The second-order valence-electron chi connectivity index (χ2n) is 5.22. The smallest absolute Gasteiger partial charge is 0.416 e. The third kappa shape index (κ3) is 5.45. The zero-order chi connectivity index (χ0) is 19.3. The first kappa shape index (κ1) is 19.7. The fraction of sp³-hybridized carbons (Fsp3) is 0.111. The van der Waals surface area contributed by atoms with Crippen molar-refractivity contribution in [2.75, 3.05) is 6.61 Å². The van der Waals surface area contributed by atoms with E-state index in [1.54, 1.807) is 6.07 Å². The van der Waals surface area contributed by atoms with Crippen LogP contribution in [0.15, 0.2) is 53.0 Å². The number of hydrogen-bond donors (Lipinski definition) is 1. The van der Waals surface area contributed by atoms with Gasteiger partial charge in [-0.2, -0.15) is 13.2 Å². The van der Waals surface area contributed by atoms with Crippen molar-refractivity contribution >= 4 is 33.7 Å². The van der Waals surface area contributed by atoms with Crippen molar-refractivity contribution in [1.82, 2.24) is 0 Å². The Bertz CT molecular complexity index is 863. The van der Waals surface area contributed by atoms with Gasteiger partial charge >= 0.3 is 6.18 Å². The highest BCUT2D eigenvalue weighted by atomic mass is 79.9. The molecule has 0 saturated carbocycles. The van der Waals surface area contributed by atoms with Crippen LogP contribution in [0, 0.1) is 0 Å². The minimum Gasteiger partial charge on any atom is -0.483 e. The van der Waals surface area contributed by atoms with Crippen LogP contribution >= 0.6 is 15.9 Å². The molecule has 4 nitrogen and oxygen atoms in total. The highest BCUT2D eigenvalue weighted by Crippen LogP contribution is 2.30. The van der Waals surface area contributed by atoms with Gasteiger partial charge in [-0.25, -0.2) is 0 Å². The third-order valence-electron chi connectivity index (χ3n) is 3.22. The van der Waals surface area contributed by atoms with E-state index >= 15 is 0 Å². The summed E-state index contributed by atoms with van der Waals surface area (Å²) in [6.07, 6.45) is -2.06. The fourth-order valence-corrected chi connectivity index (χ4v) is 2.41. The maximum absolute atomic E-state index is 12.7. The van der Waals surface area contributed by atoms with Crippen molar-refractivity contribution < 1.29 is 27.5 Å². The monoisotopic (exact) mass is 427 g/mol. The minimum absolute atomic E-state index is 0.142. The van der Waals surface area contributed by atoms with E-state index in [0.29, 0.717) is 4.47 Å². The average molecular weight is 428 g/mol. The van der Waals surface area contributed by atoms with Gasteiger partial charge in [-0.15, -0.1) is 0 Å². The summed E-state index contributed by atoms with van der Waals surface area (Å²) >= 11 is 3.22. The summed E-state index contributed by atoms with van der Waals surface area (Å²) in [7, 11) is 0. The van der Waals surface area contributed by atoms with Crippen molar-refractivity contribution in [2.45, 2.75) is 6.18 Å². The first-order valence-electron chi connectivity index (χ1n) is 7.27. The molecule has 0 atom stereocenters. The van der Waals surface area contributed by atoms with Crippen LogP contribution in [0.2, 0.25) is 0 Å². The highest BCUT2D eigenvalue weighted by molar-refractivity contribution is 9.10. The molecule has 0 aliphatic heterocycles. The molecule has 0 bridgehead atoms. The summed E-state index contributed by atoms with van der Waals surface area (Å²) in [4.78, 5) is 23.2. The SMILES string of the molecule is NC(=O)COc1ccc(Br)cc1C(=O)/C=C/c1cccc(C(F)(F)F)c1. The second kappa shape index (κ2) is 8.18. The third-order valence-corrected chi connectivity index (χ3v) is 3.71. The lowest BCUT2D eigenvalue weighted by atomic mass is 10.1. The number of alkyl halides is 3. The molecule has 1 amide bonds. The van der Waals surface area contributed by atoms with Gasteiger partial charge < -0.3 is 10.5 Å². The summed E-state index contributed by atoms with van der Waals surface area (Å²) in [5, 5.41) is 0. The van der Waals surface area contributed by atoms with E-state index in [2.05, 4.69) is 15.9 Å². The van der Waals surface area contributed by atoms with Crippen LogP contribution < -0.4 is 10.5 Å². The number of benzene rings is 2. The van der Waals surface area contributed by atoms with Crippen LogP contribution in [0.25, 0.3) is 6.08 Å². The van der Waals surface area contributed by atoms with Gasteiger partial charge in [0, 0.05) is 4.47 Å². The van der Waals surface area contributed by atoms with Crippen molar-refractivity contribution in [3.8, 4) is 5.75 Å². The van der Waals surface area contributed by atoms with Crippen LogP contribution in [-0.2, 0) is 11.0 Å². The topological polar surface area (TPSA) is 69.4 Å². The lowest BCUT2D eigenvalue weighted by molar-refractivity contribution is -0.137. The number of amides is 1. The number of nitrogens with two attached hydrogens (primary N) is 1. The van der Waals surface area contributed by atoms with E-state index in [9.17, 15) is 22.8 Å². The van der Waals surface area contributed by atoms with Gasteiger partial charge in [-0.1, -0.05) is 34.1 Å². The van der Waals surface area contributed by atoms with E-state index in [0.717, 1.165) is 18.2 Å². The molecule has 2 N–H and O–H groups in total. The summed E-state index contributed by atoms with van der Waals surface area (Å²) in [5.41, 5.74) is 4.58. The van der Waals surface area contributed by atoms with Gasteiger partial charge in [0.1, 0.15) is 5.75 Å². The summed E-state index contributed by atoms with van der Waals surface area (Å²) in [6, 6.07) is 9.17. The Labute approximate surface area is 155 Å². The quantitative estimate of drug-likeness (QED) is 0.553. The Kier molecular flexibility index (Phi) is 6.20. The molecule has 0 spiro atoms. The number of carbonyl (C=O) groups is 2. The number of hydrogen-bond acceptors (Lipinski definition) is 3. The Balaban J connectivity index is 2.25. The molecule has 0 unspecified atom stereocenters. The Hall–Kier alpha value is -2.61. The lowest BCUT2D eigenvalue weighted by Gasteiger charge is -2.09. The van der Waals surface area contributed by atoms with E-state index < -0.39 is 30.0 Å². The predicted molar refractivity (Wildman–Crippen MR) is 93.6 cm³/mol. The van der Waals surface area contributed by atoms with Crippen LogP contribution in [0.5, 0.6) is 5.75 Å². The molecule has 26 heavy (non-hydrogen) atoms. The van der Waals surface area contributed by atoms with E-state index in [1.807, 2.05) is 0 Å². The van der Waals surface area contributed by atoms with Gasteiger partial charge in [0.2, 0.25) is 0 Å². The van der Waals surface area contributed by atoms with Gasteiger partial charge in [-0.3, -0.25) is 9.59 Å². The maximum Gasteiger partial charge on any atom is 0.416 e. The van der Waals surface area contributed by atoms with Crippen LogP contribution in [0.4, 0.5) is 13.2 Å². The van der Waals surface area contributed by atoms with Crippen LogP contribution in [0.1, 0.15) is 21.5 Å². The zero-order valence-corrected chi connectivity index (χ0v) is 14.8. The molecule has 0 aromatic heterocycles. The largest absolute Gasteiger partial charge is 0.483 e. The molecule has 0 radical (unpaired) electrons. The molecule has 0 heterocycles. The van der Waals surface area contributed by atoms with Crippen molar-refractivity contribution in [3.63, 3.8) is 0 Å². The number of carbonyl (C=O) groups excluding carboxylic acids is 2. The van der Waals surface area contributed by atoms with Gasteiger partial charge in [0.05, 0.1) is 11.1 Å². The van der Waals surface area contributed by atoms with Crippen molar-refractivity contribution in [3.05, 3.63) is 69.7 Å². The molecule has 0 saturated heterocycles. The second-order valence-corrected chi connectivity index (χ2v) is 6.13. The first-order chi connectivity index (χ1) is 12.2. The molecule has 2 aromatic rings. The maximum atomic E-state index is 12.7. The number of allylic oxidation sites excluding steroid dienone is 1. The van der Waals surface area contributed by atoms with Crippen LogP contribution in [-0.4, -0.2) is 18.3 Å². The molecule has 0 aliphatic rings. The van der Waals surface area contributed by atoms with E-state index in [-0.39, 0.29) is 16.9 Å². The molecule has 2 aromatic carbocycles. The van der Waals surface area contributed by atoms with Gasteiger partial charge in [-0.05, 0) is 42.0 Å². The number of ketones is 1. The highest BCUT2D eigenvalue weighted by Gasteiger charge is 2.30. The standard InChI is InChI=1S/C18H13BrF3NO3/c19-13-5-7-16(26-10-17(23)25)14(9-13)15(24)6-4-11-2-1-3-12(8-11)18(20,21)22/h1-9H,10H2,(H2,23,25)/b6-4+. The normalized spacial score (nSPS) is 11.5. The molecular formula is C18H13BrF3NO3. The predicted octanol–water partition coefficient (Wildman–Crippen LogP) is 4.23. The molecule has 136 valence electrons. The van der Waals surface area contributed by atoms with E-state index in [1.165, 1.54) is 30.3 Å². The molecule has 0 aliphatic carbocycles. The van der Waals surface area contributed by atoms with Gasteiger partial charge in [0.15, 0.2) is 12.4 Å². The zero-order valence-electron chi connectivity index (χ0n) is 13.2. The average Bonchev–Trinajstić information content (AvgIpc) is 2.58. The number of halogens is 4. The van der Waals surface area contributed by atoms with Gasteiger partial charge in [0.25, 0.3) is 5.91 Å². The Morgan fingerprint density at radius 3 is 2.54 bits per heavy atom. The molecular weight excluding hydrogens is 415 g/mol. The molecule has 2 rings (SSSR count). The van der Waals surface area contributed by atoms with Crippen molar-refractivity contribution in [1.29, 1.82) is 0 Å². The van der Waals surface area contributed by atoms with E-state index in [4.69, 9.17) is 10.5 Å². The van der Waals surface area contributed by atoms with Crippen LogP contribution in [0.3, 0.4) is 0 Å². The first-order valence-corrected chi connectivity index (χ1v) is 8.06. The minimum atomic E-state index is -4.46. The summed E-state index contributed by atoms with van der Waals surface area (Å²) < 4.78 is 44.0. The summed E-state index contributed by atoms with van der Waals surface area (Å²) in [5.74, 6) is -1.06. The Morgan fingerprint density at radius 1 is 1.15 bits per heavy atom. The number of ether oxygens (including phenoxy) is 1. The molecule has 0 fully saturated rings. The Morgan fingerprint density at radius 2 is 1.88 bits per heavy atom. The van der Waals surface area contributed by atoms with Crippen molar-refractivity contribution in [2.24, 2.45) is 5.73 Å². The molecule has 8 heteroatoms.